The van der Waals surface area contributed by atoms with Crippen LogP contribution in [0.4, 0.5) is 0 Å². The second-order valence-electron chi connectivity index (χ2n) is 2.32. The van der Waals surface area contributed by atoms with Crippen LogP contribution in [0.5, 0.6) is 0 Å². The molecule has 3 heteroatoms. The van der Waals surface area contributed by atoms with Gasteiger partial charge in [-0.15, -0.1) is 0 Å². The Morgan fingerprint density at radius 2 is 2.27 bits per heavy atom. The fourth-order valence-corrected chi connectivity index (χ4v) is 0.635. The van der Waals surface area contributed by atoms with Crippen molar-refractivity contribution in [2.75, 3.05) is 33.9 Å². The Morgan fingerprint density at radius 3 is 2.82 bits per heavy atom. The average molecular weight is 157 g/mol. The molecule has 0 spiro atoms. The van der Waals surface area contributed by atoms with E-state index in [1.165, 1.54) is 6.08 Å². The lowest BCUT2D eigenvalue weighted by Gasteiger charge is -2.12. The maximum atomic E-state index is 9.87. The molecule has 0 saturated heterocycles. The molecule has 11 heavy (non-hydrogen) atoms. The van der Waals surface area contributed by atoms with Gasteiger partial charge in [-0.1, -0.05) is 6.08 Å². The number of allylic oxidation sites excluding steroid dienone is 1. The van der Waals surface area contributed by atoms with E-state index >= 15 is 0 Å². The number of likely N-dealkylation sites (N-methyl/N-ethyl adjacent to an activating group) is 1. The van der Waals surface area contributed by atoms with Crippen molar-refractivity contribution in [1.82, 2.24) is 4.90 Å². The number of nitrogens with zero attached hydrogens (tertiary/aromatic N) is 1. The van der Waals surface area contributed by atoms with Gasteiger partial charge in [0.2, 0.25) is 0 Å². The van der Waals surface area contributed by atoms with E-state index in [-0.39, 0.29) is 0 Å². The first-order chi connectivity index (χ1) is 5.31. The number of methoxy groups -OCH3 is 1. The summed E-state index contributed by atoms with van der Waals surface area (Å²) in [7, 11) is 3.66. The molecule has 0 saturated carbocycles. The summed E-state index contributed by atoms with van der Waals surface area (Å²) in [6.07, 6.45) is 4.11. The maximum absolute atomic E-state index is 9.87. The van der Waals surface area contributed by atoms with Crippen LogP contribution < -0.4 is 0 Å². The lowest BCUT2D eigenvalue weighted by molar-refractivity contribution is -0.104. The number of carbonyl (C=O) groups is 1. The normalized spacial score (nSPS) is 11.2. The van der Waals surface area contributed by atoms with Crippen molar-refractivity contribution in [2.24, 2.45) is 0 Å². The summed E-state index contributed by atoms with van der Waals surface area (Å²) in [6.45, 7) is 2.41. The Balaban J connectivity index is 3.28. The molecule has 0 unspecified atom stereocenters. The first-order valence-electron chi connectivity index (χ1n) is 3.59. The summed E-state index contributed by atoms with van der Waals surface area (Å²) >= 11 is 0. The van der Waals surface area contributed by atoms with Crippen molar-refractivity contribution >= 4 is 6.29 Å². The molecule has 0 fully saturated rings. The fourth-order valence-electron chi connectivity index (χ4n) is 0.635. The van der Waals surface area contributed by atoms with E-state index in [0.717, 1.165) is 26.0 Å². The lowest BCUT2D eigenvalue weighted by Crippen LogP contribution is -2.22. The Kier molecular flexibility index (Phi) is 6.98. The third kappa shape index (κ3) is 7.22. The zero-order valence-electron chi connectivity index (χ0n) is 7.12. The largest absolute Gasteiger partial charge is 0.383 e. The third-order valence-corrected chi connectivity index (χ3v) is 1.31. The molecule has 0 amide bonds. The van der Waals surface area contributed by atoms with Gasteiger partial charge in [0.15, 0.2) is 0 Å². The Labute approximate surface area is 67.6 Å². The van der Waals surface area contributed by atoms with Crippen LogP contribution >= 0.6 is 0 Å². The van der Waals surface area contributed by atoms with Gasteiger partial charge in [-0.05, 0) is 13.1 Å². The minimum Gasteiger partial charge on any atom is -0.383 e. The van der Waals surface area contributed by atoms with Gasteiger partial charge in [-0.25, -0.2) is 0 Å². The van der Waals surface area contributed by atoms with Gasteiger partial charge in [0.05, 0.1) is 6.61 Å². The van der Waals surface area contributed by atoms with E-state index in [4.69, 9.17) is 4.74 Å². The van der Waals surface area contributed by atoms with Crippen molar-refractivity contribution in [3.63, 3.8) is 0 Å². The van der Waals surface area contributed by atoms with Gasteiger partial charge in [0.1, 0.15) is 6.29 Å². The lowest BCUT2D eigenvalue weighted by atomic mass is 10.4. The van der Waals surface area contributed by atoms with Crippen LogP contribution in [-0.2, 0) is 9.53 Å². The summed E-state index contributed by atoms with van der Waals surface area (Å²) in [5.41, 5.74) is 0. The van der Waals surface area contributed by atoms with Gasteiger partial charge < -0.3 is 9.64 Å². The molecule has 0 aromatic heterocycles. The summed E-state index contributed by atoms with van der Waals surface area (Å²) in [5, 5.41) is 0. The highest BCUT2D eigenvalue weighted by Gasteiger charge is 1.92. The number of hydrogen-bond acceptors (Lipinski definition) is 3. The Morgan fingerprint density at radius 1 is 1.55 bits per heavy atom. The molecule has 0 atom stereocenters. The predicted molar refractivity (Wildman–Crippen MR) is 44.6 cm³/mol. The standard InChI is InChI=1S/C8H15NO2/c1-9(6-8-11-2)5-3-4-7-10/h3-4,7H,5-6,8H2,1-2H3/b4-3+. The number of ether oxygens (including phenoxy) is 1. The maximum Gasteiger partial charge on any atom is 0.142 e. The molecule has 0 N–H and O–H groups in total. The molecule has 0 radical (unpaired) electrons. The monoisotopic (exact) mass is 157 g/mol. The van der Waals surface area contributed by atoms with Crippen LogP contribution in [0.3, 0.4) is 0 Å². The molecule has 3 nitrogen and oxygen atoms in total. The van der Waals surface area contributed by atoms with E-state index in [2.05, 4.69) is 4.90 Å². The van der Waals surface area contributed by atoms with Crippen LogP contribution in [0.1, 0.15) is 0 Å². The Bertz CT molecular complexity index is 123. The van der Waals surface area contributed by atoms with Gasteiger partial charge in [0, 0.05) is 20.2 Å². The Hall–Kier alpha value is -0.670. The van der Waals surface area contributed by atoms with E-state index in [9.17, 15) is 4.79 Å². The summed E-state index contributed by atoms with van der Waals surface area (Å²) in [5.74, 6) is 0. The highest BCUT2D eigenvalue weighted by atomic mass is 16.5. The second-order valence-corrected chi connectivity index (χ2v) is 2.32. The summed E-state index contributed by atoms with van der Waals surface area (Å²) in [4.78, 5) is 11.9. The molecular formula is C8H15NO2. The number of carbonyl (C=O) groups excluding carboxylic acids is 1. The van der Waals surface area contributed by atoms with E-state index in [1.807, 2.05) is 13.1 Å². The summed E-state index contributed by atoms with van der Waals surface area (Å²) in [6, 6.07) is 0. The third-order valence-electron chi connectivity index (χ3n) is 1.31. The minimum atomic E-state index is 0.728. The molecule has 0 aromatic carbocycles. The highest BCUT2D eigenvalue weighted by Crippen LogP contribution is 1.82. The fraction of sp³-hybridized carbons (Fsp3) is 0.625. The van der Waals surface area contributed by atoms with Crippen molar-refractivity contribution in [1.29, 1.82) is 0 Å². The van der Waals surface area contributed by atoms with E-state index in [1.54, 1.807) is 7.11 Å². The zero-order chi connectivity index (χ0) is 8.53. The van der Waals surface area contributed by atoms with Gasteiger partial charge in [-0.3, -0.25) is 4.79 Å². The molecule has 0 bridgehead atoms. The van der Waals surface area contributed by atoms with E-state index in [0.29, 0.717) is 0 Å². The van der Waals surface area contributed by atoms with Crippen LogP contribution in [0.15, 0.2) is 12.2 Å². The van der Waals surface area contributed by atoms with E-state index < -0.39 is 0 Å². The number of rotatable bonds is 6. The van der Waals surface area contributed by atoms with Crippen LogP contribution in [0, 0.1) is 0 Å². The molecule has 0 aliphatic carbocycles. The van der Waals surface area contributed by atoms with Crippen LogP contribution in [0.25, 0.3) is 0 Å². The van der Waals surface area contributed by atoms with Gasteiger partial charge in [-0.2, -0.15) is 0 Å². The predicted octanol–water partition coefficient (Wildman–Crippen LogP) is 0.320. The summed E-state index contributed by atoms with van der Waals surface area (Å²) < 4.78 is 4.88. The molecule has 0 rings (SSSR count). The first kappa shape index (κ1) is 10.3. The zero-order valence-corrected chi connectivity index (χ0v) is 7.12. The number of hydrogen-bond donors (Lipinski definition) is 0. The molecule has 0 aromatic rings. The smallest absolute Gasteiger partial charge is 0.142 e. The first-order valence-corrected chi connectivity index (χ1v) is 3.59. The average Bonchev–Trinajstić information content (AvgIpc) is 2.01. The van der Waals surface area contributed by atoms with Crippen molar-refractivity contribution < 1.29 is 9.53 Å². The van der Waals surface area contributed by atoms with Crippen molar-refractivity contribution in [3.8, 4) is 0 Å². The SMILES string of the molecule is COCCN(C)C/C=C/C=O. The quantitative estimate of drug-likeness (QED) is 0.411. The molecule has 0 heterocycles. The molecule has 0 aliphatic rings. The minimum absolute atomic E-state index is 0.728. The molecule has 64 valence electrons. The highest BCUT2D eigenvalue weighted by molar-refractivity contribution is 5.64. The topological polar surface area (TPSA) is 29.5 Å². The van der Waals surface area contributed by atoms with Crippen molar-refractivity contribution in [2.45, 2.75) is 0 Å². The van der Waals surface area contributed by atoms with Crippen LogP contribution in [-0.4, -0.2) is 45.0 Å². The van der Waals surface area contributed by atoms with Gasteiger partial charge >= 0.3 is 0 Å². The number of aldehydes is 1. The van der Waals surface area contributed by atoms with Crippen molar-refractivity contribution in [3.05, 3.63) is 12.2 Å². The van der Waals surface area contributed by atoms with Gasteiger partial charge in [0.25, 0.3) is 0 Å². The molecular weight excluding hydrogens is 142 g/mol. The van der Waals surface area contributed by atoms with Crippen LogP contribution in [0.2, 0.25) is 0 Å². The molecule has 0 aliphatic heterocycles. The second kappa shape index (κ2) is 7.44.